The zero-order valence-electron chi connectivity index (χ0n) is 6.22. The SMILES string of the molecule is CC[P+](C(=O)O)(C(=O)O)C(=O)O. The van der Waals surface area contributed by atoms with Crippen molar-refractivity contribution < 1.29 is 29.7 Å². The first kappa shape index (κ1) is 10.8. The molecule has 0 unspecified atom stereocenters. The Bertz CT molecular complexity index is 198. The summed E-state index contributed by atoms with van der Waals surface area (Å²) < 4.78 is 0. The van der Waals surface area contributed by atoms with Gasteiger partial charge in [0.2, 0.25) is 0 Å². The van der Waals surface area contributed by atoms with Crippen LogP contribution >= 0.6 is 7.26 Å². The van der Waals surface area contributed by atoms with E-state index in [1.807, 2.05) is 0 Å². The van der Waals surface area contributed by atoms with Crippen molar-refractivity contribution in [3.8, 4) is 0 Å². The zero-order chi connectivity index (χ0) is 9.94. The van der Waals surface area contributed by atoms with Crippen molar-refractivity contribution in [1.29, 1.82) is 0 Å². The third-order valence-electron chi connectivity index (χ3n) is 1.45. The third-order valence-corrected chi connectivity index (χ3v) is 4.36. The van der Waals surface area contributed by atoms with Crippen LogP contribution in [0, 0.1) is 0 Å². The van der Waals surface area contributed by atoms with Gasteiger partial charge in [0.05, 0.1) is 6.16 Å². The molecular formula is C5H8O6P+. The first-order chi connectivity index (χ1) is 5.39. The Labute approximate surface area is 68.2 Å². The summed E-state index contributed by atoms with van der Waals surface area (Å²) in [4.78, 5) is 31.3. The maximum absolute atomic E-state index is 10.4. The molecule has 12 heavy (non-hydrogen) atoms. The van der Waals surface area contributed by atoms with Gasteiger partial charge in [-0.1, -0.05) is 0 Å². The highest BCUT2D eigenvalue weighted by Gasteiger charge is 2.64. The lowest BCUT2D eigenvalue weighted by molar-refractivity contribution is 0.207. The van der Waals surface area contributed by atoms with Gasteiger partial charge in [-0.05, 0) is 6.92 Å². The monoisotopic (exact) mass is 195 g/mol. The van der Waals surface area contributed by atoms with Gasteiger partial charge in [-0.15, -0.1) is 0 Å². The minimum atomic E-state index is -3.94. The summed E-state index contributed by atoms with van der Waals surface area (Å²) in [6.45, 7) is 1.24. The lowest BCUT2D eigenvalue weighted by Gasteiger charge is -2.06. The van der Waals surface area contributed by atoms with Crippen LogP contribution in [-0.4, -0.2) is 38.6 Å². The summed E-state index contributed by atoms with van der Waals surface area (Å²) in [7, 11) is -3.94. The average molecular weight is 195 g/mol. The molecule has 0 aromatic carbocycles. The first-order valence-corrected chi connectivity index (χ1v) is 4.95. The standard InChI is InChI=1S/C5H7O6P/c1-2-12(3(6)7,4(8)9)5(10)11/h2H2,1H3,(H2-,6,7,8,9,10,11)/p+1. The summed E-state index contributed by atoms with van der Waals surface area (Å²) >= 11 is 0. The summed E-state index contributed by atoms with van der Waals surface area (Å²) in [6.07, 6.45) is -0.382. The molecule has 0 aromatic heterocycles. The number of rotatable bonds is 4. The molecule has 0 amide bonds. The fraction of sp³-hybridized carbons (Fsp3) is 0.400. The van der Waals surface area contributed by atoms with Crippen molar-refractivity contribution in [2.75, 3.05) is 6.16 Å². The van der Waals surface area contributed by atoms with E-state index in [1.165, 1.54) is 6.92 Å². The van der Waals surface area contributed by atoms with E-state index in [9.17, 15) is 14.4 Å². The molecule has 0 aliphatic heterocycles. The Morgan fingerprint density at radius 2 is 1.25 bits per heavy atom. The van der Waals surface area contributed by atoms with E-state index in [1.54, 1.807) is 0 Å². The fourth-order valence-corrected chi connectivity index (χ4v) is 1.95. The van der Waals surface area contributed by atoms with E-state index in [4.69, 9.17) is 15.3 Å². The summed E-state index contributed by atoms with van der Waals surface area (Å²) in [5.41, 5.74) is -5.24. The second kappa shape index (κ2) is 3.49. The van der Waals surface area contributed by atoms with Crippen LogP contribution in [0.15, 0.2) is 0 Å². The lowest BCUT2D eigenvalue weighted by atomic mass is 11.0. The van der Waals surface area contributed by atoms with Crippen LogP contribution in [0.25, 0.3) is 0 Å². The number of hydrogen-bond donors (Lipinski definition) is 3. The molecule has 0 fully saturated rings. The maximum atomic E-state index is 10.4. The van der Waals surface area contributed by atoms with Crippen LogP contribution in [0.4, 0.5) is 14.4 Å². The molecule has 0 aliphatic carbocycles. The van der Waals surface area contributed by atoms with E-state index in [0.29, 0.717) is 0 Å². The summed E-state index contributed by atoms with van der Waals surface area (Å²) in [5.74, 6) is 0. The molecule has 7 heteroatoms. The Hall–Kier alpha value is -1.16. The van der Waals surface area contributed by atoms with Crippen LogP contribution in [0.2, 0.25) is 0 Å². The Morgan fingerprint density at radius 1 is 1.00 bits per heavy atom. The molecule has 0 radical (unpaired) electrons. The lowest BCUT2D eigenvalue weighted by Crippen LogP contribution is -2.21. The van der Waals surface area contributed by atoms with E-state index in [0.717, 1.165) is 0 Å². The predicted octanol–water partition coefficient (Wildman–Crippen LogP) is 2.06. The molecule has 0 heterocycles. The van der Waals surface area contributed by atoms with Gasteiger partial charge in [-0.2, -0.15) is 0 Å². The normalized spacial score (nSPS) is 10.8. The van der Waals surface area contributed by atoms with Crippen LogP contribution in [0.5, 0.6) is 0 Å². The van der Waals surface area contributed by atoms with E-state index < -0.39 is 24.4 Å². The van der Waals surface area contributed by atoms with Crippen molar-refractivity contribution in [3.63, 3.8) is 0 Å². The highest BCUT2D eigenvalue weighted by atomic mass is 31.2. The van der Waals surface area contributed by atoms with E-state index in [2.05, 4.69) is 0 Å². The highest BCUT2D eigenvalue weighted by molar-refractivity contribution is 8.14. The number of hydrogen-bond acceptors (Lipinski definition) is 3. The molecule has 0 saturated heterocycles. The smallest absolute Gasteiger partial charge is 0.451 e. The van der Waals surface area contributed by atoms with Crippen LogP contribution in [0.1, 0.15) is 6.92 Å². The Morgan fingerprint density at radius 3 is 1.25 bits per heavy atom. The molecule has 0 rings (SSSR count). The van der Waals surface area contributed by atoms with Crippen molar-refractivity contribution in [1.82, 2.24) is 0 Å². The highest BCUT2D eigenvalue weighted by Crippen LogP contribution is 2.60. The molecule has 3 N–H and O–H groups in total. The van der Waals surface area contributed by atoms with Crippen molar-refractivity contribution in [2.24, 2.45) is 0 Å². The Balaban J connectivity index is 5.19. The van der Waals surface area contributed by atoms with Gasteiger partial charge in [0.1, 0.15) is 0 Å². The topological polar surface area (TPSA) is 112 Å². The molecule has 0 spiro atoms. The molecule has 68 valence electrons. The molecule has 0 saturated carbocycles. The molecule has 0 atom stereocenters. The molecule has 0 bridgehead atoms. The fourth-order valence-electron chi connectivity index (χ4n) is 0.651. The third kappa shape index (κ3) is 1.38. The van der Waals surface area contributed by atoms with Gasteiger partial charge in [0.15, 0.2) is 0 Å². The number of carboxylic acid groups (broad SMARTS) is 3. The largest absolute Gasteiger partial charge is 0.473 e. The van der Waals surface area contributed by atoms with Crippen molar-refractivity contribution in [3.05, 3.63) is 0 Å². The molecular weight excluding hydrogens is 187 g/mol. The predicted molar refractivity (Wildman–Crippen MR) is 41.5 cm³/mol. The van der Waals surface area contributed by atoms with E-state index >= 15 is 0 Å². The molecule has 0 aliphatic rings. The van der Waals surface area contributed by atoms with Gasteiger partial charge in [-0.3, -0.25) is 0 Å². The van der Waals surface area contributed by atoms with Crippen LogP contribution in [-0.2, 0) is 0 Å². The first-order valence-electron chi connectivity index (χ1n) is 2.98. The molecule has 6 nitrogen and oxygen atoms in total. The average Bonchev–Trinajstić information content (AvgIpc) is 1.86. The van der Waals surface area contributed by atoms with Crippen LogP contribution < -0.4 is 0 Å². The second-order valence-corrected chi connectivity index (χ2v) is 5.37. The minimum Gasteiger partial charge on any atom is -0.451 e. The van der Waals surface area contributed by atoms with Crippen molar-refractivity contribution in [2.45, 2.75) is 6.92 Å². The van der Waals surface area contributed by atoms with E-state index in [-0.39, 0.29) is 6.16 Å². The summed E-state index contributed by atoms with van der Waals surface area (Å²) in [5, 5.41) is 25.4. The van der Waals surface area contributed by atoms with Gasteiger partial charge in [-0.25, -0.2) is 14.4 Å². The summed E-state index contributed by atoms with van der Waals surface area (Å²) in [6, 6.07) is 0. The minimum absolute atomic E-state index is 0.382. The molecule has 0 aromatic rings. The van der Waals surface area contributed by atoms with Gasteiger partial charge in [0, 0.05) is 0 Å². The zero-order valence-corrected chi connectivity index (χ0v) is 7.12. The second-order valence-electron chi connectivity index (χ2n) is 1.97. The quantitative estimate of drug-likeness (QED) is 0.591. The maximum Gasteiger partial charge on any atom is 0.473 e. The van der Waals surface area contributed by atoms with Gasteiger partial charge < -0.3 is 15.3 Å². The van der Waals surface area contributed by atoms with Crippen LogP contribution in [0.3, 0.4) is 0 Å². The van der Waals surface area contributed by atoms with Gasteiger partial charge in [0.25, 0.3) is 0 Å². The Kier molecular flexibility index (Phi) is 3.15. The van der Waals surface area contributed by atoms with Gasteiger partial charge >= 0.3 is 24.4 Å². The number of carbonyl (C=O) groups is 3. The van der Waals surface area contributed by atoms with Crippen molar-refractivity contribution >= 4 is 24.4 Å².